The first-order valence-corrected chi connectivity index (χ1v) is 11.9. The predicted molar refractivity (Wildman–Crippen MR) is 127 cm³/mol. The molecule has 0 saturated carbocycles. The first kappa shape index (κ1) is 21.8. The van der Waals surface area contributed by atoms with Crippen LogP contribution in [0, 0.1) is 17.2 Å². The molecular formula is C25H30N4OS. The van der Waals surface area contributed by atoms with Crippen molar-refractivity contribution in [3.8, 4) is 6.07 Å². The van der Waals surface area contributed by atoms with E-state index in [-0.39, 0.29) is 5.91 Å². The average Bonchev–Trinajstić information content (AvgIpc) is 3.11. The van der Waals surface area contributed by atoms with Crippen molar-refractivity contribution in [2.45, 2.75) is 26.2 Å². The molecule has 1 aliphatic heterocycles. The molecule has 2 aromatic rings. The van der Waals surface area contributed by atoms with Crippen LogP contribution in [0.1, 0.15) is 34.9 Å². The van der Waals surface area contributed by atoms with Gasteiger partial charge < -0.3 is 5.32 Å². The fourth-order valence-electron chi connectivity index (χ4n) is 4.36. The SMILES string of the molecule is CC1CCc2c(sc(NC(=O)CN3CCN(C/C=C/c4ccccc4)CC3)c2C#N)C1. The van der Waals surface area contributed by atoms with Crippen molar-refractivity contribution < 1.29 is 4.79 Å². The number of amides is 1. The number of piperazine rings is 1. The van der Waals surface area contributed by atoms with Crippen LogP contribution in [0.25, 0.3) is 6.08 Å². The number of fused-ring (bicyclic) bond motifs is 1. The molecule has 0 bridgehead atoms. The topological polar surface area (TPSA) is 59.4 Å². The minimum absolute atomic E-state index is 0.0134. The Hall–Kier alpha value is -2.46. The van der Waals surface area contributed by atoms with Gasteiger partial charge >= 0.3 is 0 Å². The Morgan fingerprint density at radius 2 is 1.97 bits per heavy atom. The lowest BCUT2D eigenvalue weighted by Gasteiger charge is -2.33. The monoisotopic (exact) mass is 434 g/mol. The third-order valence-electron chi connectivity index (χ3n) is 6.18. The smallest absolute Gasteiger partial charge is 0.239 e. The molecule has 0 spiro atoms. The minimum atomic E-state index is -0.0134. The maximum Gasteiger partial charge on any atom is 0.239 e. The van der Waals surface area contributed by atoms with E-state index in [1.54, 1.807) is 11.3 Å². The van der Waals surface area contributed by atoms with Gasteiger partial charge in [-0.3, -0.25) is 14.6 Å². The molecule has 1 aromatic carbocycles. The van der Waals surface area contributed by atoms with Crippen molar-refractivity contribution in [2.24, 2.45) is 5.92 Å². The summed E-state index contributed by atoms with van der Waals surface area (Å²) in [4.78, 5) is 18.6. The normalized spacial score (nSPS) is 19.8. The van der Waals surface area contributed by atoms with E-state index in [9.17, 15) is 10.1 Å². The molecule has 2 heterocycles. The van der Waals surface area contributed by atoms with Gasteiger partial charge in [0.15, 0.2) is 0 Å². The number of anilines is 1. The van der Waals surface area contributed by atoms with Crippen LogP contribution in [-0.4, -0.2) is 55.0 Å². The number of rotatable bonds is 6. The van der Waals surface area contributed by atoms with E-state index in [2.05, 4.69) is 64.5 Å². The molecule has 1 amide bonds. The second kappa shape index (κ2) is 10.2. The summed E-state index contributed by atoms with van der Waals surface area (Å²) >= 11 is 1.60. The fourth-order valence-corrected chi connectivity index (χ4v) is 5.74. The lowest BCUT2D eigenvalue weighted by atomic mass is 9.89. The highest BCUT2D eigenvalue weighted by atomic mass is 32.1. The summed E-state index contributed by atoms with van der Waals surface area (Å²) in [5.74, 6) is 0.639. The standard InChI is InChI=1S/C25H30N4OS/c1-19-9-10-21-22(17-26)25(31-23(21)16-19)27-24(30)18-29-14-12-28(13-15-29)11-5-8-20-6-3-2-4-7-20/h2-8,19H,9-16,18H2,1H3,(H,27,30)/b8-5+. The van der Waals surface area contributed by atoms with Gasteiger partial charge in [-0.15, -0.1) is 11.3 Å². The molecule has 1 aliphatic carbocycles. The molecular weight excluding hydrogens is 404 g/mol. The Morgan fingerprint density at radius 1 is 1.23 bits per heavy atom. The molecule has 1 unspecified atom stereocenters. The van der Waals surface area contributed by atoms with Crippen LogP contribution in [0.15, 0.2) is 36.4 Å². The molecule has 6 heteroatoms. The van der Waals surface area contributed by atoms with Gasteiger partial charge in [-0.05, 0) is 36.3 Å². The van der Waals surface area contributed by atoms with Crippen LogP contribution in [0.4, 0.5) is 5.00 Å². The second-order valence-corrected chi connectivity index (χ2v) is 9.71. The van der Waals surface area contributed by atoms with Gasteiger partial charge in [-0.2, -0.15) is 5.26 Å². The molecule has 1 saturated heterocycles. The lowest BCUT2D eigenvalue weighted by molar-refractivity contribution is -0.117. The second-order valence-electron chi connectivity index (χ2n) is 8.61. The van der Waals surface area contributed by atoms with Crippen LogP contribution in [0.5, 0.6) is 0 Å². The van der Waals surface area contributed by atoms with Gasteiger partial charge in [0, 0.05) is 37.6 Å². The Bertz CT molecular complexity index is 967. The Labute approximate surface area is 189 Å². The van der Waals surface area contributed by atoms with Crippen LogP contribution in [0.3, 0.4) is 0 Å². The molecule has 5 nitrogen and oxygen atoms in total. The number of nitriles is 1. The number of hydrogen-bond acceptors (Lipinski definition) is 5. The molecule has 1 N–H and O–H groups in total. The Balaban J connectivity index is 1.24. The minimum Gasteiger partial charge on any atom is -0.315 e. The van der Waals surface area contributed by atoms with Crippen molar-refractivity contribution >= 4 is 28.3 Å². The van der Waals surface area contributed by atoms with E-state index in [1.807, 2.05) is 6.07 Å². The Kier molecular flexibility index (Phi) is 7.18. The molecule has 1 atom stereocenters. The highest BCUT2D eigenvalue weighted by Crippen LogP contribution is 2.39. The van der Waals surface area contributed by atoms with Crippen LogP contribution in [0.2, 0.25) is 0 Å². The predicted octanol–water partition coefficient (Wildman–Crippen LogP) is 4.01. The molecule has 2 aliphatic rings. The summed E-state index contributed by atoms with van der Waals surface area (Å²) in [5.41, 5.74) is 3.08. The van der Waals surface area contributed by atoms with Crippen LogP contribution < -0.4 is 5.32 Å². The fraction of sp³-hybridized carbons (Fsp3) is 0.440. The number of hydrogen-bond donors (Lipinski definition) is 1. The van der Waals surface area contributed by atoms with Gasteiger partial charge in [0.2, 0.25) is 5.91 Å². The summed E-state index contributed by atoms with van der Waals surface area (Å²) in [7, 11) is 0. The summed E-state index contributed by atoms with van der Waals surface area (Å²) in [5, 5.41) is 13.4. The van der Waals surface area contributed by atoms with E-state index in [4.69, 9.17) is 0 Å². The number of thiophene rings is 1. The first-order chi connectivity index (χ1) is 15.1. The largest absolute Gasteiger partial charge is 0.315 e. The van der Waals surface area contributed by atoms with Gasteiger partial charge in [0.1, 0.15) is 11.1 Å². The summed E-state index contributed by atoms with van der Waals surface area (Å²) in [6, 6.07) is 12.7. The van der Waals surface area contributed by atoms with Crippen molar-refractivity contribution in [3.63, 3.8) is 0 Å². The summed E-state index contributed by atoms with van der Waals surface area (Å²) in [6.07, 6.45) is 7.46. The van der Waals surface area contributed by atoms with E-state index < -0.39 is 0 Å². The highest BCUT2D eigenvalue weighted by molar-refractivity contribution is 7.16. The third kappa shape index (κ3) is 5.62. The van der Waals surface area contributed by atoms with Gasteiger partial charge in [0.25, 0.3) is 0 Å². The van der Waals surface area contributed by atoms with Crippen LogP contribution in [-0.2, 0) is 17.6 Å². The Morgan fingerprint density at radius 3 is 2.71 bits per heavy atom. The van der Waals surface area contributed by atoms with Gasteiger partial charge in [0.05, 0.1) is 12.1 Å². The number of nitrogens with zero attached hydrogens (tertiary/aromatic N) is 3. The molecule has 162 valence electrons. The lowest BCUT2D eigenvalue weighted by Crippen LogP contribution is -2.48. The van der Waals surface area contributed by atoms with Crippen LogP contribution >= 0.6 is 11.3 Å². The quantitative estimate of drug-likeness (QED) is 0.746. The van der Waals surface area contributed by atoms with E-state index >= 15 is 0 Å². The van der Waals surface area contributed by atoms with Crippen molar-refractivity contribution in [2.75, 3.05) is 44.6 Å². The highest BCUT2D eigenvalue weighted by Gasteiger charge is 2.25. The molecule has 0 radical (unpaired) electrons. The number of carbonyl (C=O) groups excluding carboxylic acids is 1. The molecule has 1 aromatic heterocycles. The molecule has 1 fully saturated rings. The number of nitrogens with one attached hydrogen (secondary N) is 1. The zero-order chi connectivity index (χ0) is 21.6. The van der Waals surface area contributed by atoms with Crippen molar-refractivity contribution in [1.82, 2.24) is 9.80 Å². The van der Waals surface area contributed by atoms with Crippen molar-refractivity contribution in [1.29, 1.82) is 5.26 Å². The van der Waals surface area contributed by atoms with Gasteiger partial charge in [-0.25, -0.2) is 0 Å². The average molecular weight is 435 g/mol. The molecule has 4 rings (SSSR count). The van der Waals surface area contributed by atoms with Crippen molar-refractivity contribution in [3.05, 3.63) is 58.0 Å². The van der Waals surface area contributed by atoms with E-state index in [1.165, 1.54) is 10.4 Å². The molecule has 31 heavy (non-hydrogen) atoms. The third-order valence-corrected chi connectivity index (χ3v) is 7.35. The van der Waals surface area contributed by atoms with Gasteiger partial charge in [-0.1, -0.05) is 49.4 Å². The zero-order valence-corrected chi connectivity index (χ0v) is 19.0. The maximum absolute atomic E-state index is 12.7. The van der Waals surface area contributed by atoms with E-state index in [0.717, 1.165) is 62.6 Å². The summed E-state index contributed by atoms with van der Waals surface area (Å²) in [6.45, 7) is 7.26. The first-order valence-electron chi connectivity index (χ1n) is 11.1. The zero-order valence-electron chi connectivity index (χ0n) is 18.1. The summed E-state index contributed by atoms with van der Waals surface area (Å²) < 4.78 is 0. The van der Waals surface area contributed by atoms with E-state index in [0.29, 0.717) is 18.0 Å². The maximum atomic E-state index is 12.7. The number of carbonyl (C=O) groups is 1. The number of benzene rings is 1.